The van der Waals surface area contributed by atoms with Gasteiger partial charge in [-0.05, 0) is 48.2 Å². The molecule has 0 spiro atoms. The second-order valence-corrected chi connectivity index (χ2v) is 6.82. The van der Waals surface area contributed by atoms with Gasteiger partial charge in [0.1, 0.15) is 0 Å². The van der Waals surface area contributed by atoms with Gasteiger partial charge in [-0.3, -0.25) is 10.6 Å². The van der Waals surface area contributed by atoms with Gasteiger partial charge in [0.15, 0.2) is 0 Å². The zero-order chi connectivity index (χ0) is 19.8. The first-order valence-electron chi connectivity index (χ1n) is 8.63. The van der Waals surface area contributed by atoms with Crippen LogP contribution < -0.4 is 16.6 Å². The first-order chi connectivity index (χ1) is 13.0. The van der Waals surface area contributed by atoms with Crippen molar-refractivity contribution in [3.05, 3.63) is 87.4 Å². The Kier molecular flexibility index (Phi) is 7.92. The summed E-state index contributed by atoms with van der Waals surface area (Å²) in [4.78, 5) is 12.6. The van der Waals surface area contributed by atoms with Crippen molar-refractivity contribution >= 4 is 34.8 Å². The van der Waals surface area contributed by atoms with Crippen LogP contribution in [0.1, 0.15) is 34.8 Å². The van der Waals surface area contributed by atoms with Crippen LogP contribution in [0.25, 0.3) is 5.70 Å². The van der Waals surface area contributed by atoms with E-state index in [0.717, 1.165) is 23.1 Å². The molecule has 0 bridgehead atoms. The highest BCUT2D eigenvalue weighted by molar-refractivity contribution is 6.34. The zero-order valence-corrected chi connectivity index (χ0v) is 16.7. The zero-order valence-electron chi connectivity index (χ0n) is 15.2. The minimum absolute atomic E-state index is 0.250. The fourth-order valence-electron chi connectivity index (χ4n) is 2.49. The van der Waals surface area contributed by atoms with E-state index in [1.54, 1.807) is 18.2 Å². The fourth-order valence-corrected chi connectivity index (χ4v) is 2.92. The Balaban J connectivity index is 2.12. The summed E-state index contributed by atoms with van der Waals surface area (Å²) in [6.45, 7) is 6.41. The van der Waals surface area contributed by atoms with Gasteiger partial charge in [-0.15, -0.1) is 0 Å². The Hall–Kier alpha value is -2.27. The van der Waals surface area contributed by atoms with Crippen LogP contribution in [0.3, 0.4) is 0 Å². The molecule has 2 aromatic carbocycles. The highest BCUT2D eigenvalue weighted by Gasteiger charge is 2.13. The quantitative estimate of drug-likeness (QED) is 0.338. The van der Waals surface area contributed by atoms with Crippen LogP contribution in [0.2, 0.25) is 10.0 Å². The number of rotatable bonds is 8. The first-order valence-corrected chi connectivity index (χ1v) is 9.39. The highest BCUT2D eigenvalue weighted by Crippen LogP contribution is 2.22. The number of halogens is 2. The molecule has 27 heavy (non-hydrogen) atoms. The van der Waals surface area contributed by atoms with E-state index in [9.17, 15) is 4.79 Å². The van der Waals surface area contributed by atoms with E-state index in [1.165, 1.54) is 0 Å². The smallest absolute Gasteiger partial charge is 0.252 e. The molecule has 0 aliphatic carbocycles. The van der Waals surface area contributed by atoms with Crippen LogP contribution in [0.5, 0.6) is 0 Å². The SMILES string of the molecule is C=C(/C=C(\NN)c1ccc(Cl)c(C(=O)NCCc2ccccc2Cl)c1)CC. The molecule has 142 valence electrons. The van der Waals surface area contributed by atoms with Crippen molar-refractivity contribution in [2.45, 2.75) is 19.8 Å². The van der Waals surface area contributed by atoms with Crippen molar-refractivity contribution in [1.29, 1.82) is 0 Å². The van der Waals surface area contributed by atoms with Gasteiger partial charge in [0.25, 0.3) is 5.91 Å². The maximum atomic E-state index is 12.6. The van der Waals surface area contributed by atoms with E-state index in [-0.39, 0.29) is 5.91 Å². The molecule has 2 aromatic rings. The summed E-state index contributed by atoms with van der Waals surface area (Å²) in [5, 5.41) is 3.94. The normalized spacial score (nSPS) is 11.2. The third-order valence-electron chi connectivity index (χ3n) is 4.12. The highest BCUT2D eigenvalue weighted by atomic mass is 35.5. The number of hydrogen-bond donors (Lipinski definition) is 3. The average molecular weight is 404 g/mol. The van der Waals surface area contributed by atoms with Gasteiger partial charge in [-0.25, -0.2) is 0 Å². The number of benzene rings is 2. The molecule has 0 atom stereocenters. The second kappa shape index (κ2) is 10.2. The largest absolute Gasteiger partial charge is 0.352 e. The molecule has 0 heterocycles. The Morgan fingerprint density at radius 1 is 1.19 bits per heavy atom. The summed E-state index contributed by atoms with van der Waals surface area (Å²) < 4.78 is 0. The number of amides is 1. The number of nitrogens with one attached hydrogen (secondary N) is 2. The third kappa shape index (κ3) is 5.86. The predicted molar refractivity (Wildman–Crippen MR) is 114 cm³/mol. The van der Waals surface area contributed by atoms with E-state index in [4.69, 9.17) is 29.0 Å². The van der Waals surface area contributed by atoms with Crippen molar-refractivity contribution in [3.63, 3.8) is 0 Å². The maximum absolute atomic E-state index is 12.6. The molecule has 1 amide bonds. The lowest BCUT2D eigenvalue weighted by atomic mass is 10.0. The number of hydrogen-bond acceptors (Lipinski definition) is 3. The van der Waals surface area contributed by atoms with Crippen molar-refractivity contribution in [1.82, 2.24) is 10.7 Å². The van der Waals surface area contributed by atoms with Crippen molar-refractivity contribution in [2.75, 3.05) is 6.54 Å². The van der Waals surface area contributed by atoms with Gasteiger partial charge in [-0.1, -0.05) is 66.5 Å². The Morgan fingerprint density at radius 2 is 1.93 bits per heavy atom. The molecular formula is C21H23Cl2N3O. The molecule has 4 N–H and O–H groups in total. The van der Waals surface area contributed by atoms with Crippen LogP contribution in [-0.2, 0) is 6.42 Å². The van der Waals surface area contributed by atoms with Crippen LogP contribution >= 0.6 is 23.2 Å². The van der Waals surface area contributed by atoms with Gasteiger partial charge >= 0.3 is 0 Å². The topological polar surface area (TPSA) is 67.1 Å². The van der Waals surface area contributed by atoms with E-state index in [1.807, 2.05) is 37.3 Å². The van der Waals surface area contributed by atoms with Gasteiger partial charge in [-0.2, -0.15) is 0 Å². The summed E-state index contributed by atoms with van der Waals surface area (Å²) in [5.41, 5.74) is 6.37. The monoisotopic (exact) mass is 403 g/mol. The lowest BCUT2D eigenvalue weighted by molar-refractivity contribution is 0.0954. The Bertz CT molecular complexity index is 862. The minimum atomic E-state index is -0.250. The molecule has 0 aromatic heterocycles. The van der Waals surface area contributed by atoms with E-state index in [2.05, 4.69) is 17.3 Å². The van der Waals surface area contributed by atoms with Crippen molar-refractivity contribution < 1.29 is 4.79 Å². The predicted octanol–water partition coefficient (Wildman–Crippen LogP) is 4.74. The van der Waals surface area contributed by atoms with E-state index < -0.39 is 0 Å². The number of carbonyl (C=O) groups excluding carboxylic acids is 1. The number of nitrogens with two attached hydrogens (primary N) is 1. The van der Waals surface area contributed by atoms with E-state index >= 15 is 0 Å². The van der Waals surface area contributed by atoms with Gasteiger partial charge in [0.2, 0.25) is 0 Å². The molecule has 4 nitrogen and oxygen atoms in total. The molecule has 0 unspecified atom stereocenters. The summed E-state index contributed by atoms with van der Waals surface area (Å²) in [6.07, 6.45) is 3.28. The maximum Gasteiger partial charge on any atom is 0.252 e. The molecular weight excluding hydrogens is 381 g/mol. The van der Waals surface area contributed by atoms with Crippen LogP contribution in [0.4, 0.5) is 0 Å². The Labute approximate surface area is 170 Å². The molecule has 2 rings (SSSR count). The lowest BCUT2D eigenvalue weighted by Gasteiger charge is -2.12. The fraction of sp³-hybridized carbons (Fsp3) is 0.190. The summed E-state index contributed by atoms with van der Waals surface area (Å²) in [6, 6.07) is 12.8. The minimum Gasteiger partial charge on any atom is -0.352 e. The molecule has 0 saturated heterocycles. The standard InChI is InChI=1S/C21H23Cl2N3O/c1-3-14(2)12-20(26-24)16-8-9-19(23)17(13-16)21(27)25-11-10-15-6-4-5-7-18(15)22/h4-9,12-13,26H,2-3,10-11,24H2,1H3,(H,25,27)/b20-12-. The van der Waals surface area contributed by atoms with Gasteiger partial charge < -0.3 is 10.7 Å². The number of carbonyl (C=O) groups is 1. The van der Waals surface area contributed by atoms with Crippen molar-refractivity contribution in [2.24, 2.45) is 5.84 Å². The number of hydrazine groups is 1. The summed E-state index contributed by atoms with van der Waals surface area (Å²) >= 11 is 12.4. The van der Waals surface area contributed by atoms with Gasteiger partial charge in [0, 0.05) is 11.6 Å². The molecule has 0 radical (unpaired) electrons. The van der Waals surface area contributed by atoms with Crippen LogP contribution in [0.15, 0.2) is 60.7 Å². The summed E-state index contributed by atoms with van der Waals surface area (Å²) in [7, 11) is 0. The Morgan fingerprint density at radius 3 is 2.59 bits per heavy atom. The molecule has 0 fully saturated rings. The van der Waals surface area contributed by atoms with Crippen molar-refractivity contribution in [3.8, 4) is 0 Å². The lowest BCUT2D eigenvalue weighted by Crippen LogP contribution is -2.26. The number of allylic oxidation sites excluding steroid dienone is 2. The first kappa shape index (κ1) is 21.0. The third-order valence-corrected chi connectivity index (χ3v) is 4.82. The molecule has 6 heteroatoms. The summed E-state index contributed by atoms with van der Waals surface area (Å²) in [5.74, 6) is 5.37. The second-order valence-electron chi connectivity index (χ2n) is 6.01. The average Bonchev–Trinajstić information content (AvgIpc) is 2.67. The van der Waals surface area contributed by atoms with Crippen LogP contribution in [-0.4, -0.2) is 12.5 Å². The van der Waals surface area contributed by atoms with E-state index in [0.29, 0.717) is 34.3 Å². The van der Waals surface area contributed by atoms with Crippen LogP contribution in [0, 0.1) is 0 Å². The molecule has 0 aliphatic heterocycles. The molecule has 0 aliphatic rings. The molecule has 0 saturated carbocycles. The van der Waals surface area contributed by atoms with Gasteiger partial charge in [0.05, 0.1) is 16.3 Å².